The minimum Gasteiger partial charge on any atom is -0.314 e. The van der Waals surface area contributed by atoms with Gasteiger partial charge in [0.1, 0.15) is 17.8 Å². The zero-order chi connectivity index (χ0) is 13.3. The van der Waals surface area contributed by atoms with E-state index < -0.39 is 23.3 Å². The lowest BCUT2D eigenvalue weighted by Crippen LogP contribution is -2.65. The Hall–Kier alpha value is -2.24. The third-order valence-electron chi connectivity index (χ3n) is 2.91. The highest BCUT2D eigenvalue weighted by Crippen LogP contribution is 2.20. The molecule has 0 atom stereocenters. The van der Waals surface area contributed by atoms with Crippen molar-refractivity contribution in [3.8, 4) is 0 Å². The molecule has 1 fully saturated rings. The first-order chi connectivity index (χ1) is 8.43. The molecule has 1 aromatic rings. The molecule has 0 aromatic carbocycles. The minimum absolute atomic E-state index is 0.145. The Labute approximate surface area is 104 Å². The van der Waals surface area contributed by atoms with E-state index in [1.807, 2.05) is 0 Å². The molecular formula is C12H13N3O3. The largest absolute Gasteiger partial charge is 0.314 e. The topological polar surface area (TPSA) is 79.4 Å². The van der Waals surface area contributed by atoms with Gasteiger partial charge in [0.05, 0.1) is 0 Å². The molecular weight excluding hydrogens is 234 g/mol. The van der Waals surface area contributed by atoms with Crippen LogP contribution >= 0.6 is 0 Å². The van der Waals surface area contributed by atoms with Gasteiger partial charge in [-0.25, -0.2) is 0 Å². The molecule has 1 saturated heterocycles. The van der Waals surface area contributed by atoms with Crippen LogP contribution in [0.4, 0.5) is 0 Å². The van der Waals surface area contributed by atoms with E-state index in [1.165, 1.54) is 11.1 Å². The zero-order valence-electron chi connectivity index (χ0n) is 10.1. The quantitative estimate of drug-likeness (QED) is 0.706. The summed E-state index contributed by atoms with van der Waals surface area (Å²) < 4.78 is 0. The van der Waals surface area contributed by atoms with E-state index in [2.05, 4.69) is 10.3 Å². The van der Waals surface area contributed by atoms with Crippen LogP contribution in [-0.4, -0.2) is 39.7 Å². The maximum atomic E-state index is 12.2. The molecule has 0 radical (unpaired) electrons. The summed E-state index contributed by atoms with van der Waals surface area (Å²) in [5.41, 5.74) is -0.851. The van der Waals surface area contributed by atoms with Gasteiger partial charge in [-0.3, -0.25) is 24.7 Å². The Balaban J connectivity index is 2.34. The van der Waals surface area contributed by atoms with Crippen LogP contribution < -0.4 is 5.32 Å². The van der Waals surface area contributed by atoms with E-state index in [0.717, 1.165) is 0 Å². The van der Waals surface area contributed by atoms with Crippen LogP contribution in [0, 0.1) is 0 Å². The van der Waals surface area contributed by atoms with Crippen molar-refractivity contribution < 1.29 is 14.4 Å². The second-order valence-corrected chi connectivity index (χ2v) is 4.54. The summed E-state index contributed by atoms with van der Waals surface area (Å²) in [6, 6.07) is 4.92. The minimum atomic E-state index is -1.07. The molecule has 1 aliphatic rings. The number of pyridine rings is 1. The van der Waals surface area contributed by atoms with Crippen molar-refractivity contribution in [3.63, 3.8) is 0 Å². The van der Waals surface area contributed by atoms with Crippen LogP contribution in [0.25, 0.3) is 0 Å². The van der Waals surface area contributed by atoms with Crippen molar-refractivity contribution in [1.29, 1.82) is 0 Å². The lowest BCUT2D eigenvalue weighted by atomic mass is 9.98. The van der Waals surface area contributed by atoms with Gasteiger partial charge in [-0.2, -0.15) is 0 Å². The van der Waals surface area contributed by atoms with Crippen LogP contribution in [-0.2, 0) is 9.59 Å². The number of imide groups is 1. The van der Waals surface area contributed by atoms with Crippen molar-refractivity contribution in [3.05, 3.63) is 30.1 Å². The molecule has 1 aliphatic heterocycles. The molecule has 3 amide bonds. The predicted molar refractivity (Wildman–Crippen MR) is 62.5 cm³/mol. The summed E-state index contributed by atoms with van der Waals surface area (Å²) in [6.45, 7) is 3.04. The van der Waals surface area contributed by atoms with Crippen LogP contribution in [0.2, 0.25) is 0 Å². The van der Waals surface area contributed by atoms with Crippen LogP contribution in [0.1, 0.15) is 24.3 Å². The molecule has 1 aromatic heterocycles. The summed E-state index contributed by atoms with van der Waals surface area (Å²) in [7, 11) is 0. The molecule has 2 rings (SSSR count). The van der Waals surface area contributed by atoms with Gasteiger partial charge in [-0.15, -0.1) is 0 Å². The lowest BCUT2D eigenvalue weighted by molar-refractivity contribution is -0.143. The van der Waals surface area contributed by atoms with Crippen molar-refractivity contribution in [2.24, 2.45) is 0 Å². The zero-order valence-corrected chi connectivity index (χ0v) is 10.1. The van der Waals surface area contributed by atoms with Crippen molar-refractivity contribution in [2.75, 3.05) is 6.54 Å². The Bertz CT molecular complexity index is 511. The first-order valence-corrected chi connectivity index (χ1v) is 5.50. The molecule has 94 valence electrons. The van der Waals surface area contributed by atoms with Crippen LogP contribution in [0.3, 0.4) is 0 Å². The molecule has 0 aliphatic carbocycles. The van der Waals surface area contributed by atoms with E-state index in [4.69, 9.17) is 0 Å². The van der Waals surface area contributed by atoms with Crippen LogP contribution in [0.15, 0.2) is 24.4 Å². The fraction of sp³-hybridized carbons (Fsp3) is 0.333. The molecule has 0 bridgehead atoms. The maximum Gasteiger partial charge on any atom is 0.273 e. The number of aromatic nitrogens is 1. The third-order valence-corrected chi connectivity index (χ3v) is 2.91. The predicted octanol–water partition coefficient (Wildman–Crippen LogP) is -0.0412. The monoisotopic (exact) mass is 247 g/mol. The summed E-state index contributed by atoms with van der Waals surface area (Å²) in [5.74, 6) is -1.39. The molecule has 0 unspecified atom stereocenters. The molecule has 2 heterocycles. The SMILES string of the molecule is CC1(C)C(=O)NC(=O)CN1C(=O)c1ccccn1. The highest BCUT2D eigenvalue weighted by Gasteiger charge is 2.43. The Kier molecular flexibility index (Phi) is 2.86. The number of hydrogen-bond acceptors (Lipinski definition) is 4. The van der Waals surface area contributed by atoms with E-state index >= 15 is 0 Å². The molecule has 18 heavy (non-hydrogen) atoms. The van der Waals surface area contributed by atoms with Gasteiger partial charge in [-0.05, 0) is 26.0 Å². The summed E-state index contributed by atoms with van der Waals surface area (Å²) >= 11 is 0. The summed E-state index contributed by atoms with van der Waals surface area (Å²) in [4.78, 5) is 40.5. The second-order valence-electron chi connectivity index (χ2n) is 4.54. The van der Waals surface area contributed by atoms with Gasteiger partial charge < -0.3 is 4.90 Å². The fourth-order valence-corrected chi connectivity index (χ4v) is 1.74. The highest BCUT2D eigenvalue weighted by molar-refractivity contribution is 6.08. The summed E-state index contributed by atoms with van der Waals surface area (Å²) in [5, 5.41) is 2.21. The number of rotatable bonds is 1. The fourth-order valence-electron chi connectivity index (χ4n) is 1.74. The standard InChI is InChI=1S/C12H13N3O3/c1-12(2)11(18)14-9(16)7-15(12)10(17)8-5-3-4-6-13-8/h3-6H,7H2,1-2H3,(H,14,16,18). The number of carbonyl (C=O) groups excluding carboxylic acids is 3. The van der Waals surface area contributed by atoms with E-state index in [1.54, 1.807) is 32.0 Å². The van der Waals surface area contributed by atoms with E-state index in [9.17, 15) is 14.4 Å². The maximum absolute atomic E-state index is 12.2. The van der Waals surface area contributed by atoms with E-state index in [-0.39, 0.29) is 12.2 Å². The summed E-state index contributed by atoms with van der Waals surface area (Å²) in [6.07, 6.45) is 1.49. The van der Waals surface area contributed by atoms with E-state index in [0.29, 0.717) is 0 Å². The van der Waals surface area contributed by atoms with Gasteiger partial charge in [-0.1, -0.05) is 6.07 Å². The molecule has 0 saturated carbocycles. The van der Waals surface area contributed by atoms with Crippen molar-refractivity contribution in [1.82, 2.24) is 15.2 Å². The second kappa shape index (κ2) is 4.21. The van der Waals surface area contributed by atoms with Crippen molar-refractivity contribution in [2.45, 2.75) is 19.4 Å². The Morgan fingerprint density at radius 1 is 1.39 bits per heavy atom. The average Bonchev–Trinajstić information content (AvgIpc) is 2.34. The third kappa shape index (κ3) is 1.97. The molecule has 6 heteroatoms. The number of nitrogens with one attached hydrogen (secondary N) is 1. The number of piperazine rings is 1. The van der Waals surface area contributed by atoms with Crippen LogP contribution in [0.5, 0.6) is 0 Å². The van der Waals surface area contributed by atoms with Gasteiger partial charge in [0, 0.05) is 6.20 Å². The van der Waals surface area contributed by atoms with Gasteiger partial charge in [0.25, 0.3) is 11.8 Å². The normalized spacial score (nSPS) is 18.4. The lowest BCUT2D eigenvalue weighted by Gasteiger charge is -2.39. The average molecular weight is 247 g/mol. The number of carbonyl (C=O) groups is 3. The Morgan fingerprint density at radius 3 is 2.72 bits per heavy atom. The van der Waals surface area contributed by atoms with Crippen molar-refractivity contribution >= 4 is 17.7 Å². The molecule has 6 nitrogen and oxygen atoms in total. The number of nitrogens with zero attached hydrogens (tertiary/aromatic N) is 2. The van der Waals surface area contributed by atoms with Gasteiger partial charge in [0.15, 0.2) is 0 Å². The number of hydrogen-bond donors (Lipinski definition) is 1. The molecule has 0 spiro atoms. The smallest absolute Gasteiger partial charge is 0.273 e. The highest BCUT2D eigenvalue weighted by atomic mass is 16.2. The molecule has 1 N–H and O–H groups in total. The number of amides is 3. The van der Waals surface area contributed by atoms with Gasteiger partial charge >= 0.3 is 0 Å². The van der Waals surface area contributed by atoms with Gasteiger partial charge in [0.2, 0.25) is 5.91 Å². The first-order valence-electron chi connectivity index (χ1n) is 5.50. The Morgan fingerprint density at radius 2 is 2.11 bits per heavy atom. The first kappa shape index (κ1) is 12.2.